The highest BCUT2D eigenvalue weighted by atomic mass is 32.1. The highest BCUT2D eigenvalue weighted by Crippen LogP contribution is 2.37. The molecule has 3 heterocycles. The van der Waals surface area contributed by atoms with E-state index in [2.05, 4.69) is 25.6 Å². The number of rotatable bonds is 5. The Hall–Kier alpha value is -3.01. The molecule has 3 aromatic heterocycles. The Balaban J connectivity index is 1.36. The third-order valence-electron chi connectivity index (χ3n) is 5.21. The van der Waals surface area contributed by atoms with Crippen LogP contribution in [0.3, 0.4) is 0 Å². The minimum Gasteiger partial charge on any atom is -0.349 e. The summed E-state index contributed by atoms with van der Waals surface area (Å²) in [5.41, 5.74) is 1.88. The standard InChI is InChI=1S/C21H20F3N5OS/c22-21(23,24)14-4-6-15(7-5-14)27-19(30)13-8-10-26-18(11-13)29-20-28-17(12-31-20)16-3-1-2-9-25-16/h1-3,8-12,14-15H,4-7H2,(H,27,30)(H,26,28,29). The Bertz CT molecular complexity index is 1030. The zero-order chi connectivity index (χ0) is 21.8. The number of halogens is 3. The number of carbonyl (C=O) groups excluding carboxylic acids is 1. The number of carbonyl (C=O) groups is 1. The van der Waals surface area contributed by atoms with Crippen LogP contribution >= 0.6 is 11.3 Å². The fourth-order valence-corrected chi connectivity index (χ4v) is 4.26. The average molecular weight is 447 g/mol. The molecule has 0 aliphatic heterocycles. The molecule has 31 heavy (non-hydrogen) atoms. The van der Waals surface area contributed by atoms with Gasteiger partial charge in [-0.1, -0.05) is 6.07 Å². The van der Waals surface area contributed by atoms with E-state index in [1.54, 1.807) is 18.3 Å². The first kappa shape index (κ1) is 21.2. The second-order valence-electron chi connectivity index (χ2n) is 7.37. The van der Waals surface area contributed by atoms with E-state index in [1.165, 1.54) is 17.5 Å². The molecule has 3 aromatic rings. The van der Waals surface area contributed by atoms with Crippen molar-refractivity contribution in [1.82, 2.24) is 20.3 Å². The molecule has 0 spiro atoms. The number of nitrogens with zero attached hydrogens (tertiary/aromatic N) is 3. The van der Waals surface area contributed by atoms with Crippen LogP contribution in [0.5, 0.6) is 0 Å². The van der Waals surface area contributed by atoms with Gasteiger partial charge < -0.3 is 10.6 Å². The first-order chi connectivity index (χ1) is 14.9. The van der Waals surface area contributed by atoms with Crippen LogP contribution in [0.15, 0.2) is 48.1 Å². The number of anilines is 2. The molecule has 1 saturated carbocycles. The second-order valence-corrected chi connectivity index (χ2v) is 8.23. The van der Waals surface area contributed by atoms with Crippen LogP contribution in [0.2, 0.25) is 0 Å². The van der Waals surface area contributed by atoms with Crippen molar-refractivity contribution >= 4 is 28.2 Å². The number of thiazole rings is 1. The van der Waals surface area contributed by atoms with Crippen LogP contribution in [-0.2, 0) is 0 Å². The first-order valence-electron chi connectivity index (χ1n) is 9.86. The molecule has 10 heteroatoms. The zero-order valence-electron chi connectivity index (χ0n) is 16.4. The van der Waals surface area contributed by atoms with Crippen molar-refractivity contribution in [3.8, 4) is 11.4 Å². The lowest BCUT2D eigenvalue weighted by molar-refractivity contribution is -0.182. The van der Waals surface area contributed by atoms with Crippen molar-refractivity contribution in [3.63, 3.8) is 0 Å². The van der Waals surface area contributed by atoms with Crippen LogP contribution in [-0.4, -0.2) is 33.1 Å². The van der Waals surface area contributed by atoms with E-state index < -0.39 is 12.1 Å². The number of hydrogen-bond donors (Lipinski definition) is 2. The van der Waals surface area contributed by atoms with Gasteiger partial charge in [-0.25, -0.2) is 9.97 Å². The van der Waals surface area contributed by atoms with Gasteiger partial charge in [0.1, 0.15) is 11.5 Å². The van der Waals surface area contributed by atoms with Crippen LogP contribution < -0.4 is 10.6 Å². The highest BCUT2D eigenvalue weighted by molar-refractivity contribution is 7.14. The maximum Gasteiger partial charge on any atom is 0.391 e. The summed E-state index contributed by atoms with van der Waals surface area (Å²) in [6, 6.07) is 8.49. The van der Waals surface area contributed by atoms with Gasteiger partial charge in [0.25, 0.3) is 5.91 Å². The summed E-state index contributed by atoms with van der Waals surface area (Å²) < 4.78 is 38.4. The summed E-state index contributed by atoms with van der Waals surface area (Å²) in [4.78, 5) is 25.5. The Morgan fingerprint density at radius 1 is 1.03 bits per heavy atom. The lowest BCUT2D eigenvalue weighted by Gasteiger charge is -2.30. The van der Waals surface area contributed by atoms with Crippen LogP contribution in [0, 0.1) is 5.92 Å². The molecule has 0 radical (unpaired) electrons. The fourth-order valence-electron chi connectivity index (χ4n) is 3.55. The van der Waals surface area contributed by atoms with E-state index in [4.69, 9.17) is 0 Å². The molecule has 162 valence electrons. The molecule has 0 aromatic carbocycles. The number of amides is 1. The molecule has 6 nitrogen and oxygen atoms in total. The van der Waals surface area contributed by atoms with Crippen LogP contribution in [0.25, 0.3) is 11.4 Å². The minimum atomic E-state index is -4.16. The van der Waals surface area contributed by atoms with Crippen molar-refractivity contribution in [1.29, 1.82) is 0 Å². The normalized spacial score (nSPS) is 19.1. The van der Waals surface area contributed by atoms with E-state index in [0.29, 0.717) is 29.4 Å². The van der Waals surface area contributed by atoms with Crippen LogP contribution in [0.4, 0.5) is 24.1 Å². The predicted molar refractivity (Wildman–Crippen MR) is 112 cm³/mol. The minimum absolute atomic E-state index is 0.0419. The Kier molecular flexibility index (Phi) is 6.17. The molecule has 0 atom stereocenters. The molecule has 1 amide bonds. The molecule has 4 rings (SSSR count). The third-order valence-corrected chi connectivity index (χ3v) is 5.97. The first-order valence-corrected chi connectivity index (χ1v) is 10.7. The summed E-state index contributed by atoms with van der Waals surface area (Å²) in [7, 11) is 0. The smallest absolute Gasteiger partial charge is 0.349 e. The van der Waals surface area contributed by atoms with Crippen LogP contribution in [0.1, 0.15) is 36.0 Å². The number of hydrogen-bond acceptors (Lipinski definition) is 6. The van der Waals surface area contributed by atoms with Gasteiger partial charge >= 0.3 is 6.18 Å². The largest absolute Gasteiger partial charge is 0.391 e. The Labute approximate surface area is 181 Å². The third kappa shape index (κ3) is 5.38. The maximum absolute atomic E-state index is 12.8. The van der Waals surface area contributed by atoms with Crippen molar-refractivity contribution < 1.29 is 18.0 Å². The van der Waals surface area contributed by atoms with Crippen molar-refractivity contribution in [2.45, 2.75) is 37.9 Å². The number of nitrogens with one attached hydrogen (secondary N) is 2. The van der Waals surface area contributed by atoms with E-state index in [1.807, 2.05) is 23.6 Å². The SMILES string of the molecule is O=C(NC1CCC(C(F)(F)F)CC1)c1ccnc(Nc2nc(-c3ccccn3)cs2)c1. The van der Waals surface area contributed by atoms with Crippen molar-refractivity contribution in [3.05, 3.63) is 53.7 Å². The summed E-state index contributed by atoms with van der Waals surface area (Å²) in [5, 5.41) is 8.40. The van der Waals surface area contributed by atoms with Crippen molar-refractivity contribution in [2.24, 2.45) is 5.92 Å². The van der Waals surface area contributed by atoms with Gasteiger partial charge in [-0.3, -0.25) is 9.78 Å². The summed E-state index contributed by atoms with van der Waals surface area (Å²) >= 11 is 1.39. The van der Waals surface area contributed by atoms with Gasteiger partial charge in [0.15, 0.2) is 5.13 Å². The quantitative estimate of drug-likeness (QED) is 0.562. The van der Waals surface area contributed by atoms with Gasteiger partial charge in [-0.05, 0) is 49.9 Å². The average Bonchev–Trinajstić information content (AvgIpc) is 3.23. The molecular weight excluding hydrogens is 427 g/mol. The second kappa shape index (κ2) is 9.01. The molecule has 2 N–H and O–H groups in total. The molecule has 0 bridgehead atoms. The van der Waals surface area contributed by atoms with Gasteiger partial charge in [-0.15, -0.1) is 11.3 Å². The van der Waals surface area contributed by atoms with E-state index in [9.17, 15) is 18.0 Å². The lowest BCUT2D eigenvalue weighted by atomic mass is 9.85. The molecule has 0 unspecified atom stereocenters. The Morgan fingerprint density at radius 3 is 2.55 bits per heavy atom. The summed E-state index contributed by atoms with van der Waals surface area (Å²) in [6.45, 7) is 0. The van der Waals surface area contributed by atoms with E-state index in [-0.39, 0.29) is 24.8 Å². The fraction of sp³-hybridized carbons (Fsp3) is 0.333. The molecule has 1 aliphatic carbocycles. The summed E-state index contributed by atoms with van der Waals surface area (Å²) in [5.74, 6) is -1.14. The molecule has 1 aliphatic rings. The Morgan fingerprint density at radius 2 is 1.84 bits per heavy atom. The van der Waals surface area contributed by atoms with Gasteiger partial charge in [0.2, 0.25) is 0 Å². The number of pyridine rings is 2. The summed E-state index contributed by atoms with van der Waals surface area (Å²) in [6.07, 6.45) is -0.234. The zero-order valence-corrected chi connectivity index (χ0v) is 17.2. The molecule has 1 fully saturated rings. The number of aromatic nitrogens is 3. The molecule has 0 saturated heterocycles. The van der Waals surface area contributed by atoms with E-state index >= 15 is 0 Å². The lowest BCUT2D eigenvalue weighted by Crippen LogP contribution is -2.40. The maximum atomic E-state index is 12.8. The predicted octanol–water partition coefficient (Wildman–Crippen LogP) is 5.19. The van der Waals surface area contributed by atoms with Gasteiger partial charge in [0.05, 0.1) is 11.6 Å². The van der Waals surface area contributed by atoms with Crippen molar-refractivity contribution in [2.75, 3.05) is 5.32 Å². The molecular formula is C21H20F3N5OS. The topological polar surface area (TPSA) is 79.8 Å². The van der Waals surface area contributed by atoms with Gasteiger partial charge in [0, 0.05) is 29.4 Å². The monoisotopic (exact) mass is 447 g/mol. The highest BCUT2D eigenvalue weighted by Gasteiger charge is 2.41. The van der Waals surface area contributed by atoms with E-state index in [0.717, 1.165) is 11.4 Å². The van der Waals surface area contributed by atoms with Gasteiger partial charge in [-0.2, -0.15) is 13.2 Å². The number of alkyl halides is 3.